The van der Waals surface area contributed by atoms with Crippen molar-refractivity contribution in [2.75, 3.05) is 26.2 Å². The fourth-order valence-electron chi connectivity index (χ4n) is 2.94. The summed E-state index contributed by atoms with van der Waals surface area (Å²) in [5, 5.41) is 0. The lowest BCUT2D eigenvalue weighted by Gasteiger charge is -2.40. The van der Waals surface area contributed by atoms with Crippen molar-refractivity contribution < 1.29 is 4.74 Å². The van der Waals surface area contributed by atoms with E-state index in [-0.39, 0.29) is 5.54 Å². The van der Waals surface area contributed by atoms with Crippen LogP contribution in [-0.4, -0.2) is 42.8 Å². The first-order chi connectivity index (χ1) is 8.14. The Labute approximate surface area is 107 Å². The van der Waals surface area contributed by atoms with E-state index >= 15 is 0 Å². The molecule has 102 valence electrons. The number of hydrogen-bond acceptors (Lipinski definition) is 3. The minimum absolute atomic E-state index is 0.274. The average Bonchev–Trinajstić information content (AvgIpc) is 2.77. The van der Waals surface area contributed by atoms with Gasteiger partial charge in [-0.2, -0.15) is 0 Å². The number of rotatable bonds is 8. The molecule has 0 aromatic heterocycles. The molecule has 1 aliphatic rings. The first kappa shape index (κ1) is 14.9. The van der Waals surface area contributed by atoms with Crippen molar-refractivity contribution in [2.24, 2.45) is 5.73 Å². The quantitative estimate of drug-likeness (QED) is 0.710. The molecule has 0 spiro atoms. The molecule has 1 fully saturated rings. The Morgan fingerprint density at radius 3 is 2.35 bits per heavy atom. The predicted molar refractivity (Wildman–Crippen MR) is 73.2 cm³/mol. The lowest BCUT2D eigenvalue weighted by Crippen LogP contribution is -2.53. The molecular formula is C14H30N2O. The van der Waals surface area contributed by atoms with Crippen molar-refractivity contribution in [1.29, 1.82) is 0 Å². The average molecular weight is 242 g/mol. The molecule has 0 saturated heterocycles. The van der Waals surface area contributed by atoms with Crippen LogP contribution in [0.2, 0.25) is 0 Å². The van der Waals surface area contributed by atoms with Crippen LogP contribution in [0.5, 0.6) is 0 Å². The highest BCUT2D eigenvalue weighted by atomic mass is 16.5. The van der Waals surface area contributed by atoms with Gasteiger partial charge in [0.15, 0.2) is 0 Å². The lowest BCUT2D eigenvalue weighted by atomic mass is 9.95. The Bertz CT molecular complexity index is 200. The third-order valence-corrected chi connectivity index (χ3v) is 3.89. The van der Waals surface area contributed by atoms with Crippen molar-refractivity contribution in [3.8, 4) is 0 Å². The first-order valence-electron chi connectivity index (χ1n) is 7.21. The topological polar surface area (TPSA) is 38.5 Å². The summed E-state index contributed by atoms with van der Waals surface area (Å²) in [5.41, 5.74) is 6.32. The zero-order valence-electron chi connectivity index (χ0n) is 11.9. The van der Waals surface area contributed by atoms with Gasteiger partial charge < -0.3 is 10.5 Å². The van der Waals surface area contributed by atoms with Gasteiger partial charge in [0.1, 0.15) is 0 Å². The maximum absolute atomic E-state index is 6.05. The largest absolute Gasteiger partial charge is 0.377 e. The van der Waals surface area contributed by atoms with Crippen molar-refractivity contribution in [3.05, 3.63) is 0 Å². The number of nitrogens with two attached hydrogens (primary N) is 1. The zero-order valence-corrected chi connectivity index (χ0v) is 11.9. The van der Waals surface area contributed by atoms with Crippen LogP contribution in [0, 0.1) is 0 Å². The fourth-order valence-corrected chi connectivity index (χ4v) is 2.94. The van der Waals surface area contributed by atoms with Crippen LogP contribution < -0.4 is 5.73 Å². The van der Waals surface area contributed by atoms with Crippen LogP contribution in [0.4, 0.5) is 0 Å². The van der Waals surface area contributed by atoms with Gasteiger partial charge in [0.05, 0.1) is 12.7 Å². The number of hydrogen-bond donors (Lipinski definition) is 1. The van der Waals surface area contributed by atoms with E-state index in [2.05, 4.69) is 25.7 Å². The highest BCUT2D eigenvalue weighted by Crippen LogP contribution is 2.34. The van der Waals surface area contributed by atoms with Crippen molar-refractivity contribution in [2.45, 2.75) is 64.5 Å². The monoisotopic (exact) mass is 242 g/mol. The van der Waals surface area contributed by atoms with Crippen LogP contribution in [-0.2, 0) is 4.74 Å². The van der Waals surface area contributed by atoms with Crippen molar-refractivity contribution >= 4 is 0 Å². The maximum atomic E-state index is 6.05. The molecule has 0 aliphatic heterocycles. The van der Waals surface area contributed by atoms with Gasteiger partial charge >= 0.3 is 0 Å². The molecule has 0 aromatic carbocycles. The van der Waals surface area contributed by atoms with Gasteiger partial charge in [-0.25, -0.2) is 0 Å². The summed E-state index contributed by atoms with van der Waals surface area (Å²) in [6.07, 6.45) is 6.74. The molecule has 0 aromatic rings. The summed E-state index contributed by atoms with van der Waals surface area (Å²) < 4.78 is 5.69. The molecular weight excluding hydrogens is 212 g/mol. The molecule has 17 heavy (non-hydrogen) atoms. The fraction of sp³-hybridized carbons (Fsp3) is 1.00. The van der Waals surface area contributed by atoms with Gasteiger partial charge in [-0.15, -0.1) is 0 Å². The van der Waals surface area contributed by atoms with Crippen LogP contribution in [0.25, 0.3) is 0 Å². The molecule has 1 saturated carbocycles. The summed E-state index contributed by atoms with van der Waals surface area (Å²) in [5.74, 6) is 0. The Balaban J connectivity index is 2.50. The smallest absolute Gasteiger partial charge is 0.0597 e. The molecule has 0 radical (unpaired) electrons. The first-order valence-corrected chi connectivity index (χ1v) is 7.21. The second-order valence-corrected chi connectivity index (χ2v) is 5.54. The Hall–Kier alpha value is -0.120. The van der Waals surface area contributed by atoms with E-state index < -0.39 is 0 Å². The van der Waals surface area contributed by atoms with E-state index in [4.69, 9.17) is 10.5 Å². The highest BCUT2D eigenvalue weighted by Gasteiger charge is 2.37. The predicted octanol–water partition coefficient (Wildman–Crippen LogP) is 2.39. The van der Waals surface area contributed by atoms with E-state index in [1.165, 1.54) is 32.1 Å². The molecule has 3 heteroatoms. The van der Waals surface area contributed by atoms with Crippen LogP contribution in [0.15, 0.2) is 0 Å². The van der Waals surface area contributed by atoms with Gasteiger partial charge in [0.2, 0.25) is 0 Å². The summed E-state index contributed by atoms with van der Waals surface area (Å²) in [6, 6.07) is 0. The molecule has 0 unspecified atom stereocenters. The standard InChI is InChI=1S/C14H30N2O/c1-4-9-16(10-11-17-13(2)3)14(12-15)7-5-6-8-14/h13H,4-12,15H2,1-3H3. The van der Waals surface area contributed by atoms with Crippen LogP contribution in [0.3, 0.4) is 0 Å². The maximum Gasteiger partial charge on any atom is 0.0597 e. The third kappa shape index (κ3) is 4.23. The molecule has 1 rings (SSSR count). The lowest BCUT2D eigenvalue weighted by molar-refractivity contribution is 0.0239. The van der Waals surface area contributed by atoms with E-state index in [9.17, 15) is 0 Å². The summed E-state index contributed by atoms with van der Waals surface area (Å²) in [4.78, 5) is 2.59. The molecule has 0 heterocycles. The summed E-state index contributed by atoms with van der Waals surface area (Å²) in [7, 11) is 0. The zero-order chi connectivity index (χ0) is 12.7. The van der Waals surface area contributed by atoms with Crippen LogP contribution >= 0.6 is 0 Å². The third-order valence-electron chi connectivity index (χ3n) is 3.89. The van der Waals surface area contributed by atoms with E-state index in [0.29, 0.717) is 6.10 Å². The number of ether oxygens (including phenoxy) is 1. The van der Waals surface area contributed by atoms with Gasteiger partial charge in [-0.1, -0.05) is 19.8 Å². The molecule has 3 nitrogen and oxygen atoms in total. The van der Waals surface area contributed by atoms with Gasteiger partial charge in [0.25, 0.3) is 0 Å². The Morgan fingerprint density at radius 1 is 1.24 bits per heavy atom. The molecule has 0 bridgehead atoms. The van der Waals surface area contributed by atoms with Crippen molar-refractivity contribution in [1.82, 2.24) is 4.90 Å². The van der Waals surface area contributed by atoms with E-state index in [1.807, 2.05) is 0 Å². The molecule has 0 amide bonds. The molecule has 1 aliphatic carbocycles. The second kappa shape index (κ2) is 7.34. The normalized spacial score (nSPS) is 19.4. The highest BCUT2D eigenvalue weighted by molar-refractivity contribution is 4.95. The van der Waals surface area contributed by atoms with Gasteiger partial charge in [-0.3, -0.25) is 4.90 Å². The minimum Gasteiger partial charge on any atom is -0.377 e. The minimum atomic E-state index is 0.274. The molecule has 2 N–H and O–H groups in total. The van der Waals surface area contributed by atoms with Crippen molar-refractivity contribution in [3.63, 3.8) is 0 Å². The summed E-state index contributed by atoms with van der Waals surface area (Å²) >= 11 is 0. The second-order valence-electron chi connectivity index (χ2n) is 5.54. The Morgan fingerprint density at radius 2 is 1.88 bits per heavy atom. The van der Waals surface area contributed by atoms with Gasteiger partial charge in [-0.05, 0) is 39.7 Å². The SMILES string of the molecule is CCCN(CCOC(C)C)C1(CN)CCCC1. The summed E-state index contributed by atoms with van der Waals surface area (Å²) in [6.45, 7) is 10.3. The number of nitrogens with zero attached hydrogens (tertiary/aromatic N) is 1. The Kier molecular flexibility index (Phi) is 6.45. The molecule has 0 atom stereocenters. The van der Waals surface area contributed by atoms with E-state index in [0.717, 1.165) is 26.2 Å². The van der Waals surface area contributed by atoms with Crippen LogP contribution in [0.1, 0.15) is 52.9 Å². The van der Waals surface area contributed by atoms with Gasteiger partial charge in [0, 0.05) is 18.6 Å². The van der Waals surface area contributed by atoms with E-state index in [1.54, 1.807) is 0 Å².